The maximum Gasteiger partial charge on any atom is 0.312 e. The highest BCUT2D eigenvalue weighted by Gasteiger charge is 2.57. The molecule has 1 aliphatic rings. The molecule has 0 saturated heterocycles. The van der Waals surface area contributed by atoms with E-state index in [0.29, 0.717) is 0 Å². The summed E-state index contributed by atoms with van der Waals surface area (Å²) in [7, 11) is 3.09. The fourth-order valence-corrected chi connectivity index (χ4v) is 2.15. The molecule has 0 radical (unpaired) electrons. The average molecular weight is 220 g/mol. The van der Waals surface area contributed by atoms with Gasteiger partial charge in [-0.2, -0.15) is 0 Å². The summed E-state index contributed by atoms with van der Waals surface area (Å²) in [5, 5.41) is 0. The summed E-state index contributed by atoms with van der Waals surface area (Å²) < 4.78 is 9.91. The third kappa shape index (κ3) is 1.66. The van der Waals surface area contributed by atoms with E-state index in [4.69, 9.17) is 9.47 Å². The molecule has 1 aromatic rings. The van der Waals surface area contributed by atoms with Crippen LogP contribution in [-0.2, 0) is 9.53 Å². The summed E-state index contributed by atoms with van der Waals surface area (Å²) in [5.74, 6) is 1.00. The first kappa shape index (κ1) is 11.0. The summed E-state index contributed by atoms with van der Waals surface area (Å²) in [5.41, 5.74) is 0.845. The number of hydrogen-bond acceptors (Lipinski definition) is 3. The van der Waals surface area contributed by atoms with Gasteiger partial charge in [-0.3, -0.25) is 4.79 Å². The lowest BCUT2D eigenvalue weighted by molar-refractivity contribution is -0.146. The van der Waals surface area contributed by atoms with E-state index in [2.05, 4.69) is 0 Å². The maximum atomic E-state index is 11.6. The summed E-state index contributed by atoms with van der Waals surface area (Å²) in [6, 6.07) is 7.87. The Hall–Kier alpha value is -1.51. The topological polar surface area (TPSA) is 35.5 Å². The molecule has 0 amide bonds. The van der Waals surface area contributed by atoms with Crippen molar-refractivity contribution in [2.75, 3.05) is 14.2 Å². The Kier molecular flexibility index (Phi) is 2.62. The van der Waals surface area contributed by atoms with E-state index in [0.717, 1.165) is 12.2 Å². The summed E-state index contributed by atoms with van der Waals surface area (Å²) in [4.78, 5) is 11.6. The van der Waals surface area contributed by atoms with Crippen LogP contribution in [0.2, 0.25) is 0 Å². The largest absolute Gasteiger partial charge is 0.497 e. The van der Waals surface area contributed by atoms with Crippen LogP contribution in [0.15, 0.2) is 24.3 Å². The zero-order valence-electron chi connectivity index (χ0n) is 9.82. The van der Waals surface area contributed by atoms with Gasteiger partial charge in [-0.25, -0.2) is 0 Å². The van der Waals surface area contributed by atoms with Gasteiger partial charge in [-0.05, 0) is 31.0 Å². The van der Waals surface area contributed by atoms with Crippen molar-refractivity contribution >= 4 is 5.97 Å². The van der Waals surface area contributed by atoms with Crippen LogP contribution in [0.5, 0.6) is 5.75 Å². The van der Waals surface area contributed by atoms with Crippen molar-refractivity contribution in [2.24, 2.45) is 5.41 Å². The highest BCUT2D eigenvalue weighted by Crippen LogP contribution is 2.59. The molecule has 2 atom stereocenters. The molecule has 1 aromatic carbocycles. The second-order valence-electron chi connectivity index (χ2n) is 4.44. The van der Waals surface area contributed by atoms with E-state index in [1.165, 1.54) is 12.7 Å². The summed E-state index contributed by atoms with van der Waals surface area (Å²) in [6.07, 6.45) is 0.867. The van der Waals surface area contributed by atoms with Gasteiger partial charge >= 0.3 is 5.97 Å². The number of hydrogen-bond donors (Lipinski definition) is 0. The number of benzene rings is 1. The van der Waals surface area contributed by atoms with Crippen LogP contribution in [-0.4, -0.2) is 20.2 Å². The Bertz CT molecular complexity index is 396. The summed E-state index contributed by atoms with van der Waals surface area (Å²) >= 11 is 0. The van der Waals surface area contributed by atoms with E-state index < -0.39 is 0 Å². The monoisotopic (exact) mass is 220 g/mol. The zero-order chi connectivity index (χ0) is 11.8. The molecule has 0 heterocycles. The second-order valence-corrected chi connectivity index (χ2v) is 4.44. The third-order valence-corrected chi connectivity index (χ3v) is 3.41. The highest BCUT2D eigenvalue weighted by atomic mass is 16.5. The second kappa shape index (κ2) is 3.81. The van der Waals surface area contributed by atoms with Gasteiger partial charge in [0.2, 0.25) is 0 Å². The van der Waals surface area contributed by atoms with Gasteiger partial charge in [0.1, 0.15) is 5.75 Å². The van der Waals surface area contributed by atoms with Crippen LogP contribution in [0.3, 0.4) is 0 Å². The van der Waals surface area contributed by atoms with Gasteiger partial charge in [-0.1, -0.05) is 12.1 Å². The minimum absolute atomic E-state index is 0.117. The molecular formula is C13H16O3. The molecule has 2 rings (SSSR count). The quantitative estimate of drug-likeness (QED) is 0.733. The molecule has 3 nitrogen and oxygen atoms in total. The van der Waals surface area contributed by atoms with Gasteiger partial charge in [0.25, 0.3) is 0 Å². The van der Waals surface area contributed by atoms with E-state index in [1.807, 2.05) is 31.2 Å². The molecule has 16 heavy (non-hydrogen) atoms. The SMILES string of the molecule is COC(=O)[C@@]1(C)C[C@H]1c1ccc(OC)cc1. The van der Waals surface area contributed by atoms with Crippen LogP contribution >= 0.6 is 0 Å². The zero-order valence-corrected chi connectivity index (χ0v) is 9.82. The molecule has 0 N–H and O–H groups in total. The number of ether oxygens (including phenoxy) is 2. The fraction of sp³-hybridized carbons (Fsp3) is 0.462. The molecule has 0 bridgehead atoms. The smallest absolute Gasteiger partial charge is 0.312 e. The van der Waals surface area contributed by atoms with Crippen molar-refractivity contribution in [1.82, 2.24) is 0 Å². The Morgan fingerprint density at radius 1 is 1.31 bits per heavy atom. The van der Waals surface area contributed by atoms with E-state index in [1.54, 1.807) is 7.11 Å². The molecule has 86 valence electrons. The van der Waals surface area contributed by atoms with Gasteiger partial charge in [0.05, 0.1) is 19.6 Å². The Balaban J connectivity index is 2.13. The molecule has 0 aliphatic heterocycles. The Morgan fingerprint density at radius 3 is 2.44 bits per heavy atom. The van der Waals surface area contributed by atoms with E-state index >= 15 is 0 Å². The van der Waals surface area contributed by atoms with Gasteiger partial charge < -0.3 is 9.47 Å². The standard InChI is InChI=1S/C13H16O3/c1-13(12(14)16-3)8-11(13)9-4-6-10(15-2)7-5-9/h4-7,11H,8H2,1-3H3/t11-,13-/m0/s1. The number of rotatable bonds is 3. The maximum absolute atomic E-state index is 11.6. The minimum atomic E-state index is -0.330. The van der Waals surface area contributed by atoms with E-state index in [-0.39, 0.29) is 17.3 Å². The van der Waals surface area contributed by atoms with Crippen molar-refractivity contribution in [3.8, 4) is 5.75 Å². The van der Waals surface area contributed by atoms with Crippen LogP contribution in [0, 0.1) is 5.41 Å². The van der Waals surface area contributed by atoms with E-state index in [9.17, 15) is 4.79 Å². The van der Waals surface area contributed by atoms with Crippen molar-refractivity contribution < 1.29 is 14.3 Å². The van der Waals surface area contributed by atoms with Crippen LogP contribution in [0.1, 0.15) is 24.8 Å². The molecule has 0 spiro atoms. The number of esters is 1. The van der Waals surface area contributed by atoms with Crippen molar-refractivity contribution in [2.45, 2.75) is 19.3 Å². The first-order valence-electron chi connectivity index (χ1n) is 5.34. The van der Waals surface area contributed by atoms with Crippen LogP contribution in [0.25, 0.3) is 0 Å². The van der Waals surface area contributed by atoms with Crippen molar-refractivity contribution in [3.05, 3.63) is 29.8 Å². The number of methoxy groups -OCH3 is 2. The molecule has 0 aromatic heterocycles. The molecule has 1 fully saturated rings. The molecule has 1 aliphatic carbocycles. The molecule has 1 saturated carbocycles. The van der Waals surface area contributed by atoms with Crippen LogP contribution in [0.4, 0.5) is 0 Å². The van der Waals surface area contributed by atoms with Crippen molar-refractivity contribution in [3.63, 3.8) is 0 Å². The first-order chi connectivity index (χ1) is 7.61. The van der Waals surface area contributed by atoms with Crippen molar-refractivity contribution in [1.29, 1.82) is 0 Å². The molecular weight excluding hydrogens is 204 g/mol. The van der Waals surface area contributed by atoms with Gasteiger partial charge in [0.15, 0.2) is 0 Å². The van der Waals surface area contributed by atoms with Gasteiger partial charge in [-0.15, -0.1) is 0 Å². The number of carbonyl (C=O) groups excluding carboxylic acids is 1. The molecule has 0 unspecified atom stereocenters. The Labute approximate surface area is 95.4 Å². The number of carbonyl (C=O) groups is 1. The lowest BCUT2D eigenvalue weighted by Gasteiger charge is -2.08. The fourth-order valence-electron chi connectivity index (χ4n) is 2.15. The molecule has 3 heteroatoms. The van der Waals surface area contributed by atoms with Gasteiger partial charge in [0, 0.05) is 5.92 Å². The highest BCUT2D eigenvalue weighted by molar-refractivity contribution is 5.81. The lowest BCUT2D eigenvalue weighted by Crippen LogP contribution is -2.15. The first-order valence-corrected chi connectivity index (χ1v) is 5.34. The predicted octanol–water partition coefficient (Wildman–Crippen LogP) is 2.36. The third-order valence-electron chi connectivity index (χ3n) is 3.41. The van der Waals surface area contributed by atoms with Crippen LogP contribution < -0.4 is 4.74 Å². The Morgan fingerprint density at radius 2 is 1.94 bits per heavy atom. The predicted molar refractivity (Wildman–Crippen MR) is 60.5 cm³/mol. The lowest BCUT2D eigenvalue weighted by atomic mass is 10.0. The normalized spacial score (nSPS) is 27.3. The minimum Gasteiger partial charge on any atom is -0.497 e. The average Bonchev–Trinajstić information content (AvgIpc) is 3.02. The summed E-state index contributed by atoms with van der Waals surface area (Å²) in [6.45, 7) is 1.95.